The van der Waals surface area contributed by atoms with E-state index in [1.807, 2.05) is 6.92 Å². The Kier molecular flexibility index (Phi) is 3.69. The Balaban J connectivity index is 1.86. The van der Waals surface area contributed by atoms with Crippen LogP contribution in [0, 0.1) is 6.92 Å². The molecule has 0 atom stereocenters. The standard InChI is InChI=1S/C18H17N3O2S/c1-3-21-16-12-10-11(2)23-14(12)7-8-15(16)24-18(21)20-17(22)13-6-4-5-9-19-13/h4-6,9-10H,3,7-8H2,1-2H3. The van der Waals surface area contributed by atoms with Crippen LogP contribution in [0.1, 0.15) is 33.8 Å². The fourth-order valence-electron chi connectivity index (χ4n) is 3.11. The van der Waals surface area contributed by atoms with Crippen molar-refractivity contribution in [1.29, 1.82) is 0 Å². The second-order valence-corrected chi connectivity index (χ2v) is 6.79. The van der Waals surface area contributed by atoms with Gasteiger partial charge in [-0.15, -0.1) is 11.3 Å². The van der Waals surface area contributed by atoms with E-state index in [1.165, 1.54) is 4.88 Å². The van der Waals surface area contributed by atoms with Crippen molar-refractivity contribution in [2.24, 2.45) is 4.99 Å². The molecule has 5 nitrogen and oxygen atoms in total. The van der Waals surface area contributed by atoms with Crippen molar-refractivity contribution < 1.29 is 9.21 Å². The number of aryl methyl sites for hydroxylation is 3. The molecule has 0 spiro atoms. The van der Waals surface area contributed by atoms with Crippen molar-refractivity contribution >= 4 is 17.2 Å². The van der Waals surface area contributed by atoms with Gasteiger partial charge in [0.25, 0.3) is 5.91 Å². The molecule has 3 heterocycles. The summed E-state index contributed by atoms with van der Waals surface area (Å²) in [4.78, 5) is 22.8. The third-order valence-corrected chi connectivity index (χ3v) is 5.28. The Hall–Kier alpha value is -2.47. The summed E-state index contributed by atoms with van der Waals surface area (Å²) in [5.74, 6) is 1.65. The predicted molar refractivity (Wildman–Crippen MR) is 92.0 cm³/mol. The fourth-order valence-corrected chi connectivity index (χ4v) is 4.31. The molecule has 3 aromatic heterocycles. The van der Waals surface area contributed by atoms with Gasteiger partial charge in [0.2, 0.25) is 0 Å². The van der Waals surface area contributed by atoms with E-state index in [0.29, 0.717) is 5.69 Å². The van der Waals surface area contributed by atoms with E-state index >= 15 is 0 Å². The highest BCUT2D eigenvalue weighted by Crippen LogP contribution is 2.36. The number of aromatic nitrogens is 2. The van der Waals surface area contributed by atoms with Gasteiger partial charge in [-0.05, 0) is 38.5 Å². The molecule has 0 fully saturated rings. The summed E-state index contributed by atoms with van der Waals surface area (Å²) in [5.41, 5.74) is 2.65. The minimum absolute atomic E-state index is 0.306. The average molecular weight is 339 g/mol. The van der Waals surface area contributed by atoms with Crippen LogP contribution in [0.4, 0.5) is 0 Å². The van der Waals surface area contributed by atoms with Crippen LogP contribution in [0.5, 0.6) is 0 Å². The predicted octanol–water partition coefficient (Wildman–Crippen LogP) is 3.37. The molecule has 0 aliphatic heterocycles. The molecule has 24 heavy (non-hydrogen) atoms. The van der Waals surface area contributed by atoms with Crippen LogP contribution in [0.25, 0.3) is 11.3 Å². The van der Waals surface area contributed by atoms with Gasteiger partial charge in [0.15, 0.2) is 4.80 Å². The molecule has 0 N–H and O–H groups in total. The summed E-state index contributed by atoms with van der Waals surface area (Å²) in [6, 6.07) is 7.35. The first-order valence-corrected chi connectivity index (χ1v) is 8.81. The van der Waals surface area contributed by atoms with Gasteiger partial charge in [-0.3, -0.25) is 9.78 Å². The van der Waals surface area contributed by atoms with E-state index in [0.717, 1.165) is 47.0 Å². The van der Waals surface area contributed by atoms with E-state index in [9.17, 15) is 4.79 Å². The molecule has 0 aromatic carbocycles. The molecule has 1 aliphatic rings. The quantitative estimate of drug-likeness (QED) is 0.719. The lowest BCUT2D eigenvalue weighted by Gasteiger charge is -2.13. The highest BCUT2D eigenvalue weighted by Gasteiger charge is 2.25. The highest BCUT2D eigenvalue weighted by molar-refractivity contribution is 7.09. The molecule has 1 aliphatic carbocycles. The number of furan rings is 1. The van der Waals surface area contributed by atoms with Gasteiger partial charge in [0.05, 0.1) is 5.69 Å². The molecule has 0 radical (unpaired) electrons. The first-order chi connectivity index (χ1) is 11.7. The lowest BCUT2D eigenvalue weighted by molar-refractivity contribution is 0.0993. The van der Waals surface area contributed by atoms with E-state index < -0.39 is 0 Å². The lowest BCUT2D eigenvalue weighted by Crippen LogP contribution is -2.18. The number of hydrogen-bond donors (Lipinski definition) is 0. The lowest BCUT2D eigenvalue weighted by atomic mass is 10.0. The van der Waals surface area contributed by atoms with E-state index in [4.69, 9.17) is 4.42 Å². The van der Waals surface area contributed by atoms with Crippen LogP contribution in [0.15, 0.2) is 39.9 Å². The van der Waals surface area contributed by atoms with Crippen molar-refractivity contribution in [2.75, 3.05) is 0 Å². The van der Waals surface area contributed by atoms with Gasteiger partial charge in [-0.1, -0.05) is 6.07 Å². The zero-order valence-electron chi connectivity index (χ0n) is 13.6. The van der Waals surface area contributed by atoms with E-state index in [2.05, 4.69) is 27.5 Å². The first-order valence-electron chi connectivity index (χ1n) is 7.99. The molecular formula is C18H17N3O2S. The largest absolute Gasteiger partial charge is 0.466 e. The molecule has 0 bridgehead atoms. The summed E-state index contributed by atoms with van der Waals surface area (Å²) < 4.78 is 7.91. The Morgan fingerprint density at radius 1 is 1.42 bits per heavy atom. The van der Waals surface area contributed by atoms with Crippen molar-refractivity contribution in [3.63, 3.8) is 0 Å². The smallest absolute Gasteiger partial charge is 0.298 e. The minimum Gasteiger partial charge on any atom is -0.466 e. The van der Waals surface area contributed by atoms with Crippen LogP contribution < -0.4 is 4.80 Å². The number of pyridine rings is 1. The van der Waals surface area contributed by atoms with Crippen LogP contribution in [-0.2, 0) is 19.4 Å². The second kappa shape index (κ2) is 5.87. The van der Waals surface area contributed by atoms with Crippen LogP contribution in [0.2, 0.25) is 0 Å². The monoisotopic (exact) mass is 339 g/mol. The number of fused-ring (bicyclic) bond motifs is 3. The minimum atomic E-state index is -0.306. The van der Waals surface area contributed by atoms with Crippen LogP contribution >= 0.6 is 11.3 Å². The number of amides is 1. The van der Waals surface area contributed by atoms with E-state index in [1.54, 1.807) is 35.7 Å². The first kappa shape index (κ1) is 15.1. The topological polar surface area (TPSA) is 60.4 Å². The average Bonchev–Trinajstić information content (AvgIpc) is 3.14. The molecule has 1 amide bonds. The van der Waals surface area contributed by atoms with Gasteiger partial charge in [-0.25, -0.2) is 0 Å². The maximum Gasteiger partial charge on any atom is 0.298 e. The molecule has 6 heteroatoms. The van der Waals surface area contributed by atoms with Gasteiger partial charge in [0, 0.05) is 29.6 Å². The Morgan fingerprint density at radius 3 is 3.04 bits per heavy atom. The summed E-state index contributed by atoms with van der Waals surface area (Å²) in [6.45, 7) is 4.79. The Bertz CT molecular complexity index is 980. The van der Waals surface area contributed by atoms with Crippen molar-refractivity contribution in [1.82, 2.24) is 9.55 Å². The zero-order chi connectivity index (χ0) is 16.7. The summed E-state index contributed by atoms with van der Waals surface area (Å²) >= 11 is 1.59. The summed E-state index contributed by atoms with van der Waals surface area (Å²) in [6.07, 6.45) is 3.43. The number of nitrogens with zero attached hydrogens (tertiary/aromatic N) is 3. The number of rotatable bonds is 2. The van der Waals surface area contributed by atoms with Crippen molar-refractivity contribution in [3.8, 4) is 11.3 Å². The van der Waals surface area contributed by atoms with Crippen LogP contribution in [0.3, 0.4) is 0 Å². The highest BCUT2D eigenvalue weighted by atomic mass is 32.1. The fraction of sp³-hybridized carbons (Fsp3) is 0.278. The van der Waals surface area contributed by atoms with Gasteiger partial charge in [0.1, 0.15) is 17.2 Å². The number of hydrogen-bond acceptors (Lipinski definition) is 4. The maximum atomic E-state index is 12.4. The van der Waals surface area contributed by atoms with Crippen molar-refractivity contribution in [2.45, 2.75) is 33.2 Å². The Labute approximate surface area is 143 Å². The van der Waals surface area contributed by atoms with Crippen molar-refractivity contribution in [3.05, 3.63) is 57.4 Å². The van der Waals surface area contributed by atoms with Gasteiger partial charge < -0.3 is 8.98 Å². The number of thiazole rings is 1. The molecule has 122 valence electrons. The normalized spacial score (nSPS) is 13.7. The molecule has 3 aromatic rings. The second-order valence-electron chi connectivity index (χ2n) is 5.73. The molecule has 0 unspecified atom stereocenters. The van der Waals surface area contributed by atoms with E-state index in [-0.39, 0.29) is 5.91 Å². The molecule has 0 saturated carbocycles. The third-order valence-electron chi connectivity index (χ3n) is 4.14. The number of carbonyl (C=O) groups is 1. The van der Waals surface area contributed by atoms with Crippen LogP contribution in [-0.4, -0.2) is 15.5 Å². The molecule has 4 rings (SSSR count). The SMILES string of the molecule is CCn1c2c(sc1=NC(=O)c1ccccn1)CCc1oc(C)cc1-2. The maximum absolute atomic E-state index is 12.4. The van der Waals surface area contributed by atoms with Gasteiger partial charge in [-0.2, -0.15) is 4.99 Å². The number of carbonyl (C=O) groups excluding carboxylic acids is 1. The third kappa shape index (κ3) is 2.43. The van der Waals surface area contributed by atoms with Gasteiger partial charge >= 0.3 is 0 Å². The molecule has 0 saturated heterocycles. The zero-order valence-corrected chi connectivity index (χ0v) is 14.4. The Morgan fingerprint density at radius 2 is 2.29 bits per heavy atom. The summed E-state index contributed by atoms with van der Waals surface area (Å²) in [5, 5.41) is 0. The summed E-state index contributed by atoms with van der Waals surface area (Å²) in [7, 11) is 0. The molecular weight excluding hydrogens is 322 g/mol.